The highest BCUT2D eigenvalue weighted by Gasteiger charge is 2.08. The van der Waals surface area contributed by atoms with Crippen LogP contribution >= 0.6 is 11.6 Å². The van der Waals surface area contributed by atoms with Gasteiger partial charge in [-0.05, 0) is 25.0 Å². The zero-order valence-electron chi connectivity index (χ0n) is 10.3. The van der Waals surface area contributed by atoms with Crippen molar-refractivity contribution in [1.82, 2.24) is 0 Å². The summed E-state index contributed by atoms with van der Waals surface area (Å²) in [4.78, 5) is 0. The van der Waals surface area contributed by atoms with Gasteiger partial charge in [0.05, 0.1) is 10.7 Å². The van der Waals surface area contributed by atoms with Crippen molar-refractivity contribution in [2.45, 2.75) is 52.0 Å². The van der Waals surface area contributed by atoms with Gasteiger partial charge in [0.2, 0.25) is 0 Å². The van der Waals surface area contributed by atoms with Crippen LogP contribution in [0.25, 0.3) is 0 Å². The van der Waals surface area contributed by atoms with E-state index in [-0.39, 0.29) is 0 Å². The number of hydrogen-bond acceptors (Lipinski definition) is 1. The Balaban J connectivity index is 2.56. The highest BCUT2D eigenvalue weighted by atomic mass is 35.5. The Kier molecular flexibility index (Phi) is 6.32. The van der Waals surface area contributed by atoms with E-state index < -0.39 is 0 Å². The molecule has 90 valence electrons. The largest absolute Gasteiger partial charge is 0.381 e. The minimum absolute atomic E-state index is 0.560. The van der Waals surface area contributed by atoms with Crippen LogP contribution < -0.4 is 5.32 Å². The highest BCUT2D eigenvalue weighted by molar-refractivity contribution is 6.33. The fourth-order valence-electron chi connectivity index (χ4n) is 1.89. The standard InChI is InChI=1S/C14H22ClN/c1-3-5-9-12(8-4-2)16-14-11-7-6-10-13(14)15/h6-7,10-12,16H,3-5,8-9H2,1-2H3. The summed E-state index contributed by atoms with van der Waals surface area (Å²) in [5.41, 5.74) is 1.07. The lowest BCUT2D eigenvalue weighted by atomic mass is 10.0. The summed E-state index contributed by atoms with van der Waals surface area (Å²) >= 11 is 6.14. The van der Waals surface area contributed by atoms with Gasteiger partial charge in [-0.25, -0.2) is 0 Å². The number of unbranched alkanes of at least 4 members (excludes halogenated alkanes) is 1. The molecular weight excluding hydrogens is 218 g/mol. The van der Waals surface area contributed by atoms with Gasteiger partial charge in [-0.3, -0.25) is 0 Å². The van der Waals surface area contributed by atoms with E-state index in [1.165, 1.54) is 32.1 Å². The second kappa shape index (κ2) is 7.56. The molecule has 1 unspecified atom stereocenters. The lowest BCUT2D eigenvalue weighted by Gasteiger charge is -2.19. The van der Waals surface area contributed by atoms with Gasteiger partial charge in [-0.15, -0.1) is 0 Å². The number of anilines is 1. The minimum Gasteiger partial charge on any atom is -0.381 e. The molecule has 16 heavy (non-hydrogen) atoms. The molecule has 1 aromatic rings. The zero-order valence-corrected chi connectivity index (χ0v) is 11.1. The van der Waals surface area contributed by atoms with E-state index in [0.29, 0.717) is 6.04 Å². The zero-order chi connectivity index (χ0) is 11.8. The fourth-order valence-corrected chi connectivity index (χ4v) is 2.08. The summed E-state index contributed by atoms with van der Waals surface area (Å²) in [5.74, 6) is 0. The Labute approximate surface area is 104 Å². The first kappa shape index (κ1) is 13.4. The lowest BCUT2D eigenvalue weighted by molar-refractivity contribution is 0.564. The van der Waals surface area contributed by atoms with Crippen LogP contribution in [-0.4, -0.2) is 6.04 Å². The quantitative estimate of drug-likeness (QED) is 0.697. The van der Waals surface area contributed by atoms with Gasteiger partial charge in [0.25, 0.3) is 0 Å². The Hall–Kier alpha value is -0.690. The van der Waals surface area contributed by atoms with Gasteiger partial charge in [0.15, 0.2) is 0 Å². The second-order valence-electron chi connectivity index (χ2n) is 4.25. The molecule has 0 heterocycles. The van der Waals surface area contributed by atoms with Crippen molar-refractivity contribution >= 4 is 17.3 Å². The predicted octanol–water partition coefficient (Wildman–Crippen LogP) is 5.11. The smallest absolute Gasteiger partial charge is 0.0637 e. The first-order valence-corrected chi connectivity index (χ1v) is 6.66. The summed E-state index contributed by atoms with van der Waals surface area (Å²) in [6.07, 6.45) is 6.19. The third-order valence-corrected chi connectivity index (χ3v) is 3.11. The number of nitrogens with one attached hydrogen (secondary N) is 1. The topological polar surface area (TPSA) is 12.0 Å². The Morgan fingerprint density at radius 3 is 2.50 bits per heavy atom. The van der Waals surface area contributed by atoms with E-state index in [1.54, 1.807) is 0 Å². The van der Waals surface area contributed by atoms with Crippen LogP contribution in [0.4, 0.5) is 5.69 Å². The Bertz CT molecular complexity index is 299. The molecule has 0 saturated heterocycles. The maximum Gasteiger partial charge on any atom is 0.0637 e. The molecule has 1 atom stereocenters. The van der Waals surface area contributed by atoms with Crippen LogP contribution in [0.15, 0.2) is 24.3 Å². The van der Waals surface area contributed by atoms with Crippen LogP contribution in [0.2, 0.25) is 5.02 Å². The molecule has 0 aromatic heterocycles. The third kappa shape index (κ3) is 4.44. The normalized spacial score (nSPS) is 12.4. The van der Waals surface area contributed by atoms with E-state index in [0.717, 1.165) is 10.7 Å². The molecule has 1 N–H and O–H groups in total. The number of halogens is 1. The van der Waals surface area contributed by atoms with Gasteiger partial charge in [-0.1, -0.05) is 56.8 Å². The van der Waals surface area contributed by atoms with Gasteiger partial charge in [-0.2, -0.15) is 0 Å². The monoisotopic (exact) mass is 239 g/mol. The van der Waals surface area contributed by atoms with Crippen molar-refractivity contribution in [2.75, 3.05) is 5.32 Å². The molecule has 0 spiro atoms. The molecule has 2 heteroatoms. The van der Waals surface area contributed by atoms with E-state index in [1.807, 2.05) is 18.2 Å². The average molecular weight is 240 g/mol. The maximum absolute atomic E-state index is 6.14. The molecule has 1 aromatic carbocycles. The van der Waals surface area contributed by atoms with E-state index in [2.05, 4.69) is 25.2 Å². The summed E-state index contributed by atoms with van der Waals surface area (Å²) in [5, 5.41) is 4.37. The number of rotatable bonds is 7. The SMILES string of the molecule is CCCCC(CCC)Nc1ccccc1Cl. The molecule has 0 aliphatic heterocycles. The minimum atomic E-state index is 0.560. The number of hydrogen-bond donors (Lipinski definition) is 1. The van der Waals surface area contributed by atoms with Crippen LogP contribution in [0, 0.1) is 0 Å². The summed E-state index contributed by atoms with van der Waals surface area (Å²) in [6.45, 7) is 4.46. The molecule has 1 rings (SSSR count). The van der Waals surface area contributed by atoms with Crippen LogP contribution in [-0.2, 0) is 0 Å². The van der Waals surface area contributed by atoms with Crippen molar-refractivity contribution < 1.29 is 0 Å². The first-order chi connectivity index (χ1) is 7.77. The summed E-state index contributed by atoms with van der Waals surface area (Å²) < 4.78 is 0. The van der Waals surface area contributed by atoms with Crippen LogP contribution in [0.3, 0.4) is 0 Å². The van der Waals surface area contributed by atoms with E-state index in [9.17, 15) is 0 Å². The molecule has 0 aliphatic rings. The maximum atomic E-state index is 6.14. The van der Waals surface area contributed by atoms with Crippen molar-refractivity contribution in [2.24, 2.45) is 0 Å². The molecule has 0 amide bonds. The van der Waals surface area contributed by atoms with Crippen molar-refractivity contribution in [3.63, 3.8) is 0 Å². The van der Waals surface area contributed by atoms with Gasteiger partial charge >= 0.3 is 0 Å². The van der Waals surface area contributed by atoms with Gasteiger partial charge in [0, 0.05) is 6.04 Å². The molecule has 0 radical (unpaired) electrons. The molecule has 0 bridgehead atoms. The van der Waals surface area contributed by atoms with Gasteiger partial charge < -0.3 is 5.32 Å². The Morgan fingerprint density at radius 1 is 1.12 bits per heavy atom. The second-order valence-corrected chi connectivity index (χ2v) is 4.66. The van der Waals surface area contributed by atoms with Crippen molar-refractivity contribution in [3.8, 4) is 0 Å². The van der Waals surface area contributed by atoms with E-state index in [4.69, 9.17) is 11.6 Å². The highest BCUT2D eigenvalue weighted by Crippen LogP contribution is 2.23. The summed E-state index contributed by atoms with van der Waals surface area (Å²) in [7, 11) is 0. The Morgan fingerprint density at radius 2 is 1.88 bits per heavy atom. The fraction of sp³-hybridized carbons (Fsp3) is 0.571. The molecular formula is C14H22ClN. The average Bonchev–Trinajstić information content (AvgIpc) is 2.29. The van der Waals surface area contributed by atoms with Crippen molar-refractivity contribution in [1.29, 1.82) is 0 Å². The molecule has 0 aliphatic carbocycles. The first-order valence-electron chi connectivity index (χ1n) is 6.29. The lowest BCUT2D eigenvalue weighted by Crippen LogP contribution is -2.19. The van der Waals surface area contributed by atoms with Crippen LogP contribution in [0.5, 0.6) is 0 Å². The molecule has 1 nitrogen and oxygen atoms in total. The van der Waals surface area contributed by atoms with Crippen molar-refractivity contribution in [3.05, 3.63) is 29.3 Å². The molecule has 0 fully saturated rings. The summed E-state index contributed by atoms with van der Waals surface area (Å²) in [6, 6.07) is 8.54. The number of para-hydroxylation sites is 1. The molecule has 0 saturated carbocycles. The predicted molar refractivity (Wildman–Crippen MR) is 73.3 cm³/mol. The third-order valence-electron chi connectivity index (χ3n) is 2.78. The van der Waals surface area contributed by atoms with E-state index >= 15 is 0 Å². The number of benzene rings is 1. The van der Waals surface area contributed by atoms with Gasteiger partial charge in [0.1, 0.15) is 0 Å². The van der Waals surface area contributed by atoms with Crippen LogP contribution in [0.1, 0.15) is 46.0 Å².